The van der Waals surface area contributed by atoms with Gasteiger partial charge in [0.05, 0.1) is 6.42 Å². The Balaban J connectivity index is 1.67. The first-order valence-corrected chi connectivity index (χ1v) is 7.79. The van der Waals surface area contributed by atoms with Crippen LogP contribution in [0.2, 0.25) is 0 Å². The molecule has 108 valence electrons. The van der Waals surface area contributed by atoms with Crippen LogP contribution in [0.3, 0.4) is 0 Å². The monoisotopic (exact) mass is 275 g/mol. The second kappa shape index (κ2) is 5.94. The van der Waals surface area contributed by atoms with Crippen LogP contribution in [0.25, 0.3) is 0 Å². The van der Waals surface area contributed by atoms with Crippen LogP contribution in [0.1, 0.15) is 50.5 Å². The summed E-state index contributed by atoms with van der Waals surface area (Å²) in [5, 5.41) is 0. The molecule has 3 heteroatoms. The molecule has 2 saturated carbocycles. The first-order chi connectivity index (χ1) is 9.74. The topological polar surface area (TPSA) is 20.3 Å². The molecule has 1 amide bonds. The lowest BCUT2D eigenvalue weighted by molar-refractivity contribution is -0.134. The van der Waals surface area contributed by atoms with Gasteiger partial charge in [-0.15, -0.1) is 0 Å². The summed E-state index contributed by atoms with van der Waals surface area (Å²) in [5.74, 6) is -0.0152. The number of nitrogens with zero attached hydrogens (tertiary/aromatic N) is 1. The number of halogens is 1. The molecule has 0 N–H and O–H groups in total. The van der Waals surface area contributed by atoms with Gasteiger partial charge in [0.15, 0.2) is 0 Å². The Kier molecular flexibility index (Phi) is 4.04. The molecular weight excluding hydrogens is 253 g/mol. The molecule has 0 aromatic heterocycles. The maximum Gasteiger partial charge on any atom is 0.227 e. The molecular formula is C17H22FNO. The van der Waals surface area contributed by atoms with Crippen molar-refractivity contribution in [3.63, 3.8) is 0 Å². The highest BCUT2D eigenvalue weighted by Crippen LogP contribution is 2.34. The molecule has 0 radical (unpaired) electrons. The third kappa shape index (κ3) is 3.20. The first kappa shape index (κ1) is 13.6. The minimum atomic E-state index is -0.243. The molecule has 2 fully saturated rings. The number of amides is 1. The standard InChI is InChI=1S/C17H22FNO/c18-14-8-6-13(7-9-14)12-17(20)19(16-10-11-16)15-4-2-1-3-5-15/h6-9,15-16H,1-5,10-12H2. The van der Waals surface area contributed by atoms with Gasteiger partial charge >= 0.3 is 0 Å². The summed E-state index contributed by atoms with van der Waals surface area (Å²) in [6.07, 6.45) is 8.85. The van der Waals surface area contributed by atoms with Crippen LogP contribution >= 0.6 is 0 Å². The van der Waals surface area contributed by atoms with Crippen LogP contribution in [-0.4, -0.2) is 22.9 Å². The fourth-order valence-corrected chi connectivity index (χ4v) is 3.29. The summed E-state index contributed by atoms with van der Waals surface area (Å²) >= 11 is 0. The van der Waals surface area contributed by atoms with E-state index in [1.165, 1.54) is 31.4 Å². The van der Waals surface area contributed by atoms with Gasteiger partial charge in [0.1, 0.15) is 5.82 Å². The number of rotatable bonds is 4. The molecule has 1 aromatic rings. The van der Waals surface area contributed by atoms with Gasteiger partial charge in [-0.25, -0.2) is 4.39 Å². The second-order valence-corrected chi connectivity index (χ2v) is 6.13. The number of carbonyl (C=O) groups is 1. The largest absolute Gasteiger partial charge is 0.336 e. The van der Waals surface area contributed by atoms with Crippen molar-refractivity contribution in [3.05, 3.63) is 35.6 Å². The molecule has 20 heavy (non-hydrogen) atoms. The molecule has 0 saturated heterocycles. The van der Waals surface area contributed by atoms with Gasteiger partial charge in [0.2, 0.25) is 5.91 Å². The smallest absolute Gasteiger partial charge is 0.227 e. The minimum absolute atomic E-state index is 0.228. The van der Waals surface area contributed by atoms with E-state index in [1.54, 1.807) is 12.1 Å². The van der Waals surface area contributed by atoms with Crippen LogP contribution in [-0.2, 0) is 11.2 Å². The molecule has 2 aliphatic carbocycles. The Morgan fingerprint density at radius 3 is 2.20 bits per heavy atom. The fourth-order valence-electron chi connectivity index (χ4n) is 3.29. The molecule has 3 rings (SSSR count). The third-order valence-electron chi connectivity index (χ3n) is 4.46. The van der Waals surface area contributed by atoms with Crippen molar-refractivity contribution in [3.8, 4) is 0 Å². The van der Waals surface area contributed by atoms with Gasteiger partial charge in [0, 0.05) is 12.1 Å². The zero-order valence-electron chi connectivity index (χ0n) is 11.9. The van der Waals surface area contributed by atoms with E-state index in [4.69, 9.17) is 0 Å². The molecule has 0 atom stereocenters. The molecule has 0 aliphatic heterocycles. The Morgan fingerprint density at radius 2 is 1.60 bits per heavy atom. The number of hydrogen-bond acceptors (Lipinski definition) is 1. The highest BCUT2D eigenvalue weighted by molar-refractivity contribution is 5.79. The van der Waals surface area contributed by atoms with E-state index < -0.39 is 0 Å². The summed E-state index contributed by atoms with van der Waals surface area (Å²) in [6, 6.07) is 7.24. The van der Waals surface area contributed by atoms with Crippen molar-refractivity contribution >= 4 is 5.91 Å². The zero-order valence-corrected chi connectivity index (χ0v) is 11.9. The molecule has 2 nitrogen and oxygen atoms in total. The zero-order chi connectivity index (χ0) is 13.9. The normalized spacial score (nSPS) is 19.9. The Hall–Kier alpha value is -1.38. The predicted octanol–water partition coefficient (Wildman–Crippen LogP) is 3.69. The highest BCUT2D eigenvalue weighted by Gasteiger charge is 2.37. The van der Waals surface area contributed by atoms with Gasteiger partial charge in [-0.05, 0) is 43.4 Å². The van der Waals surface area contributed by atoms with Crippen molar-refractivity contribution in [2.24, 2.45) is 0 Å². The SMILES string of the molecule is O=C(Cc1ccc(F)cc1)N(C1CCCCC1)C1CC1. The van der Waals surface area contributed by atoms with E-state index in [2.05, 4.69) is 4.90 Å². The van der Waals surface area contributed by atoms with Gasteiger partial charge < -0.3 is 4.90 Å². The van der Waals surface area contributed by atoms with E-state index in [1.807, 2.05) is 0 Å². The van der Waals surface area contributed by atoms with Gasteiger partial charge in [-0.3, -0.25) is 4.79 Å². The van der Waals surface area contributed by atoms with Crippen molar-refractivity contribution in [1.82, 2.24) is 4.90 Å². The quantitative estimate of drug-likeness (QED) is 0.820. The number of hydrogen-bond donors (Lipinski definition) is 0. The minimum Gasteiger partial charge on any atom is -0.336 e. The number of benzene rings is 1. The summed E-state index contributed by atoms with van der Waals surface area (Å²) in [6.45, 7) is 0. The average Bonchev–Trinajstić information content (AvgIpc) is 3.28. The highest BCUT2D eigenvalue weighted by atomic mass is 19.1. The van der Waals surface area contributed by atoms with E-state index in [9.17, 15) is 9.18 Å². The summed E-state index contributed by atoms with van der Waals surface area (Å²) < 4.78 is 12.9. The average molecular weight is 275 g/mol. The molecule has 0 heterocycles. The molecule has 0 unspecified atom stereocenters. The lowest BCUT2D eigenvalue weighted by atomic mass is 9.93. The van der Waals surface area contributed by atoms with E-state index in [0.29, 0.717) is 18.5 Å². The van der Waals surface area contributed by atoms with Crippen LogP contribution < -0.4 is 0 Å². The van der Waals surface area contributed by atoms with Crippen LogP contribution in [0.4, 0.5) is 4.39 Å². The Labute approximate surface area is 120 Å². The molecule has 0 spiro atoms. The second-order valence-electron chi connectivity index (χ2n) is 6.13. The van der Waals surface area contributed by atoms with Crippen molar-refractivity contribution < 1.29 is 9.18 Å². The summed E-state index contributed by atoms with van der Waals surface area (Å²) in [7, 11) is 0. The van der Waals surface area contributed by atoms with Gasteiger partial charge in [-0.1, -0.05) is 31.4 Å². The van der Waals surface area contributed by atoms with Crippen LogP contribution in [0.5, 0.6) is 0 Å². The van der Waals surface area contributed by atoms with Gasteiger partial charge in [0.25, 0.3) is 0 Å². The third-order valence-corrected chi connectivity index (χ3v) is 4.46. The van der Waals surface area contributed by atoms with Crippen LogP contribution in [0, 0.1) is 5.82 Å². The van der Waals surface area contributed by atoms with Crippen LogP contribution in [0.15, 0.2) is 24.3 Å². The van der Waals surface area contributed by atoms with Gasteiger partial charge in [-0.2, -0.15) is 0 Å². The Bertz CT molecular complexity index is 460. The number of carbonyl (C=O) groups excluding carboxylic acids is 1. The maximum atomic E-state index is 12.9. The lowest BCUT2D eigenvalue weighted by Crippen LogP contribution is -2.43. The molecule has 0 bridgehead atoms. The first-order valence-electron chi connectivity index (χ1n) is 7.79. The van der Waals surface area contributed by atoms with Crippen molar-refractivity contribution in [2.75, 3.05) is 0 Å². The molecule has 2 aliphatic rings. The molecule has 1 aromatic carbocycles. The van der Waals surface area contributed by atoms with E-state index in [-0.39, 0.29) is 11.7 Å². The summed E-state index contributed by atoms with van der Waals surface area (Å²) in [5.41, 5.74) is 0.915. The maximum absolute atomic E-state index is 12.9. The van der Waals surface area contributed by atoms with Crippen molar-refractivity contribution in [2.45, 2.75) is 63.5 Å². The van der Waals surface area contributed by atoms with E-state index in [0.717, 1.165) is 31.2 Å². The lowest BCUT2D eigenvalue weighted by Gasteiger charge is -2.34. The van der Waals surface area contributed by atoms with E-state index >= 15 is 0 Å². The predicted molar refractivity (Wildman–Crippen MR) is 76.8 cm³/mol. The van der Waals surface area contributed by atoms with Crippen molar-refractivity contribution in [1.29, 1.82) is 0 Å². The Morgan fingerprint density at radius 1 is 1.00 bits per heavy atom. The summed E-state index contributed by atoms with van der Waals surface area (Å²) in [4.78, 5) is 14.8. The fraction of sp³-hybridized carbons (Fsp3) is 0.588.